The van der Waals surface area contributed by atoms with Crippen LogP contribution in [0, 0.1) is 11.8 Å². The molecule has 1 heterocycles. The highest BCUT2D eigenvalue weighted by molar-refractivity contribution is 5.94. The first kappa shape index (κ1) is 29.2. The number of nitrogens with one attached hydrogen (secondary N) is 2. The van der Waals surface area contributed by atoms with Gasteiger partial charge in [-0.25, -0.2) is 0 Å². The van der Waals surface area contributed by atoms with E-state index in [0.717, 1.165) is 24.1 Å². The second-order valence-electron chi connectivity index (χ2n) is 9.39. The molecule has 1 aromatic heterocycles. The molecule has 0 radical (unpaired) electrons. The van der Waals surface area contributed by atoms with Crippen LogP contribution in [0.1, 0.15) is 63.9 Å². The number of carbonyl (C=O) groups excluding carboxylic acids is 2. The van der Waals surface area contributed by atoms with Crippen molar-refractivity contribution in [2.45, 2.75) is 66.0 Å². The summed E-state index contributed by atoms with van der Waals surface area (Å²) in [6.45, 7) is 9.08. The number of ether oxygens (including phenoxy) is 2. The van der Waals surface area contributed by atoms with Gasteiger partial charge in [0.1, 0.15) is 11.5 Å². The van der Waals surface area contributed by atoms with Gasteiger partial charge in [-0.2, -0.15) is 5.10 Å². The summed E-state index contributed by atoms with van der Waals surface area (Å²) in [5, 5.41) is 19.3. The van der Waals surface area contributed by atoms with Crippen LogP contribution in [0.4, 0.5) is 0 Å². The Balaban J connectivity index is 2.44. The van der Waals surface area contributed by atoms with Crippen LogP contribution in [0.5, 0.6) is 11.5 Å². The Morgan fingerprint density at radius 2 is 1.75 bits per heavy atom. The molecule has 9 nitrogen and oxygen atoms in total. The Bertz CT molecular complexity index is 962. The smallest absolute Gasteiger partial charge is 0.272 e. The van der Waals surface area contributed by atoms with Gasteiger partial charge in [0.05, 0.1) is 32.1 Å². The molecule has 200 valence electrons. The Kier molecular flexibility index (Phi) is 11.7. The number of aromatic nitrogens is 2. The molecule has 9 heteroatoms. The lowest BCUT2D eigenvalue weighted by molar-refractivity contribution is -0.121. The highest BCUT2D eigenvalue weighted by Crippen LogP contribution is 2.39. The van der Waals surface area contributed by atoms with E-state index in [1.165, 1.54) is 0 Å². The second-order valence-corrected chi connectivity index (χ2v) is 9.39. The monoisotopic (exact) mass is 502 g/mol. The third-order valence-electron chi connectivity index (χ3n) is 6.24. The zero-order valence-corrected chi connectivity index (χ0v) is 22.5. The average molecular weight is 503 g/mol. The number of hydrogen-bond acceptors (Lipinski definition) is 6. The Morgan fingerprint density at radius 1 is 1.11 bits per heavy atom. The lowest BCUT2D eigenvalue weighted by atomic mass is 10.0. The normalized spacial score (nSPS) is 12.0. The quantitative estimate of drug-likeness (QED) is 0.343. The van der Waals surface area contributed by atoms with Crippen LogP contribution in [0.3, 0.4) is 0 Å². The molecule has 0 saturated heterocycles. The van der Waals surface area contributed by atoms with Gasteiger partial charge in [0.25, 0.3) is 5.91 Å². The third-order valence-corrected chi connectivity index (χ3v) is 6.24. The van der Waals surface area contributed by atoms with Gasteiger partial charge in [-0.1, -0.05) is 46.6 Å². The summed E-state index contributed by atoms with van der Waals surface area (Å²) in [7, 11) is 3.21. The standard InChI is InChI=1S/C27H42N4O5/c1-7-19(8-2)17-31-22(26-23(35-5)10-9-11-24(26)36-6)16-21(30-31)27(34)29-20(14-18(3)4)15-25(33)28-12-13-32/h9-11,16,18-20,32H,7-8,12-15,17H2,1-6H3,(H,28,33)(H,29,34)/t20-/m0/s1. The van der Waals surface area contributed by atoms with Crippen molar-refractivity contribution in [2.75, 3.05) is 27.4 Å². The number of aliphatic hydroxyl groups is 1. The van der Waals surface area contributed by atoms with E-state index in [2.05, 4.69) is 24.5 Å². The first-order valence-corrected chi connectivity index (χ1v) is 12.7. The molecule has 1 aromatic carbocycles. The summed E-state index contributed by atoms with van der Waals surface area (Å²) >= 11 is 0. The van der Waals surface area contributed by atoms with Crippen molar-refractivity contribution >= 4 is 11.8 Å². The minimum atomic E-state index is -0.357. The Labute approximate surface area is 214 Å². The van der Waals surface area contributed by atoms with Crippen molar-refractivity contribution in [1.82, 2.24) is 20.4 Å². The molecule has 0 unspecified atom stereocenters. The summed E-state index contributed by atoms with van der Waals surface area (Å²) in [6, 6.07) is 6.97. The van der Waals surface area contributed by atoms with Gasteiger partial charge < -0.3 is 25.2 Å². The van der Waals surface area contributed by atoms with Crippen LogP contribution in [0.15, 0.2) is 24.3 Å². The van der Waals surface area contributed by atoms with Crippen molar-refractivity contribution in [3.8, 4) is 22.8 Å². The average Bonchev–Trinajstić information content (AvgIpc) is 3.28. The first-order chi connectivity index (χ1) is 17.3. The minimum absolute atomic E-state index is 0.129. The number of benzene rings is 1. The van der Waals surface area contributed by atoms with Gasteiger partial charge in [-0.3, -0.25) is 14.3 Å². The molecule has 2 amide bonds. The SMILES string of the molecule is CCC(CC)Cn1nc(C(=O)N[C@H](CC(=O)NCCO)CC(C)C)cc1-c1c(OC)cccc1OC. The molecule has 0 aliphatic carbocycles. The van der Waals surface area contributed by atoms with Gasteiger partial charge in [-0.05, 0) is 36.5 Å². The molecule has 3 N–H and O–H groups in total. The number of rotatable bonds is 15. The lowest BCUT2D eigenvalue weighted by Gasteiger charge is -2.20. The molecule has 1 atom stereocenters. The zero-order chi connectivity index (χ0) is 26.7. The number of hydrogen-bond donors (Lipinski definition) is 3. The van der Waals surface area contributed by atoms with Crippen LogP contribution in [0.2, 0.25) is 0 Å². The second kappa shape index (κ2) is 14.5. The van der Waals surface area contributed by atoms with Gasteiger partial charge in [0, 0.05) is 25.6 Å². The number of methoxy groups -OCH3 is 2. The van der Waals surface area contributed by atoms with E-state index in [4.69, 9.17) is 19.7 Å². The fourth-order valence-corrected chi connectivity index (χ4v) is 4.28. The summed E-state index contributed by atoms with van der Waals surface area (Å²) in [5.41, 5.74) is 1.75. The molecule has 0 spiro atoms. The largest absolute Gasteiger partial charge is 0.496 e. The van der Waals surface area contributed by atoms with Crippen LogP contribution >= 0.6 is 0 Å². The Morgan fingerprint density at radius 3 is 2.28 bits per heavy atom. The van der Waals surface area contributed by atoms with Gasteiger partial charge in [-0.15, -0.1) is 0 Å². The summed E-state index contributed by atoms with van der Waals surface area (Å²) in [5.74, 6) is 1.38. The summed E-state index contributed by atoms with van der Waals surface area (Å²) < 4.78 is 13.1. The molecular weight excluding hydrogens is 460 g/mol. The predicted molar refractivity (Wildman–Crippen MR) is 140 cm³/mol. The van der Waals surface area contributed by atoms with Crippen LogP contribution < -0.4 is 20.1 Å². The molecule has 0 aliphatic heterocycles. The van der Waals surface area contributed by atoms with E-state index in [-0.39, 0.29) is 49.0 Å². The van der Waals surface area contributed by atoms with Crippen LogP contribution in [0.25, 0.3) is 11.3 Å². The van der Waals surface area contributed by atoms with Gasteiger partial charge >= 0.3 is 0 Å². The molecule has 2 rings (SSSR count). The van der Waals surface area contributed by atoms with Crippen molar-refractivity contribution in [3.05, 3.63) is 30.0 Å². The van der Waals surface area contributed by atoms with Gasteiger partial charge in [0.15, 0.2) is 5.69 Å². The predicted octanol–water partition coefficient (Wildman–Crippen LogP) is 3.65. The lowest BCUT2D eigenvalue weighted by Crippen LogP contribution is -2.40. The maximum atomic E-state index is 13.3. The third kappa shape index (κ3) is 7.98. The molecule has 0 aliphatic rings. The van der Waals surface area contributed by atoms with E-state index >= 15 is 0 Å². The maximum Gasteiger partial charge on any atom is 0.272 e. The van der Waals surface area contributed by atoms with Crippen molar-refractivity contribution in [1.29, 1.82) is 0 Å². The fourth-order valence-electron chi connectivity index (χ4n) is 4.28. The highest BCUT2D eigenvalue weighted by Gasteiger charge is 2.25. The van der Waals surface area contributed by atoms with Crippen LogP contribution in [-0.4, -0.2) is 60.1 Å². The Hall–Kier alpha value is -3.07. The van der Waals surface area contributed by atoms with Crippen molar-refractivity contribution < 1.29 is 24.2 Å². The zero-order valence-electron chi connectivity index (χ0n) is 22.5. The molecule has 36 heavy (non-hydrogen) atoms. The summed E-state index contributed by atoms with van der Waals surface area (Å²) in [4.78, 5) is 25.6. The minimum Gasteiger partial charge on any atom is -0.496 e. The number of carbonyl (C=O) groups is 2. The van der Waals surface area contributed by atoms with E-state index in [9.17, 15) is 9.59 Å². The highest BCUT2D eigenvalue weighted by atomic mass is 16.5. The van der Waals surface area contributed by atoms with E-state index in [1.807, 2.05) is 36.7 Å². The van der Waals surface area contributed by atoms with E-state index in [1.54, 1.807) is 20.3 Å². The molecule has 2 aromatic rings. The van der Waals surface area contributed by atoms with E-state index in [0.29, 0.717) is 30.4 Å². The van der Waals surface area contributed by atoms with Crippen molar-refractivity contribution in [2.24, 2.45) is 11.8 Å². The van der Waals surface area contributed by atoms with E-state index < -0.39 is 0 Å². The maximum absolute atomic E-state index is 13.3. The van der Waals surface area contributed by atoms with Gasteiger partial charge in [0.2, 0.25) is 5.91 Å². The van der Waals surface area contributed by atoms with Crippen molar-refractivity contribution in [3.63, 3.8) is 0 Å². The molecule has 0 bridgehead atoms. The first-order valence-electron chi connectivity index (χ1n) is 12.7. The summed E-state index contributed by atoms with van der Waals surface area (Å²) in [6.07, 6.45) is 2.74. The molecule has 0 fully saturated rings. The fraction of sp³-hybridized carbons (Fsp3) is 0.593. The molecular formula is C27H42N4O5. The number of amides is 2. The number of nitrogens with zero attached hydrogens (tertiary/aromatic N) is 2. The number of aliphatic hydroxyl groups excluding tert-OH is 1. The molecule has 0 saturated carbocycles. The van der Waals surface area contributed by atoms with Crippen LogP contribution in [-0.2, 0) is 11.3 Å². The topological polar surface area (TPSA) is 115 Å².